The van der Waals surface area contributed by atoms with E-state index in [0.717, 1.165) is 18.0 Å². The van der Waals surface area contributed by atoms with Crippen LogP contribution in [0.3, 0.4) is 0 Å². The first kappa shape index (κ1) is 13.1. The number of hydrogen-bond donors (Lipinski definition) is 0. The molecule has 3 heteroatoms. The molecule has 3 nitrogen and oxygen atoms in total. The van der Waals surface area contributed by atoms with Crippen LogP contribution < -0.4 is 9.47 Å². The molecule has 0 fully saturated rings. The summed E-state index contributed by atoms with van der Waals surface area (Å²) in [5.74, 6) is 2.27. The Morgan fingerprint density at radius 1 is 1.00 bits per heavy atom. The largest absolute Gasteiger partial charge is 0.421 e. The summed E-state index contributed by atoms with van der Waals surface area (Å²) in [5.41, 5.74) is 0. The molecule has 100 valence electrons. The first-order valence-electron chi connectivity index (χ1n) is 7.05. The van der Waals surface area contributed by atoms with E-state index >= 15 is 0 Å². The number of nitrogens with zero attached hydrogens (tertiary/aromatic N) is 1. The van der Waals surface area contributed by atoms with Gasteiger partial charge < -0.3 is 14.0 Å². The Labute approximate surface area is 109 Å². The number of unbranched alkanes of at least 4 members (excludes halogenated alkanes) is 5. The van der Waals surface area contributed by atoms with Crippen molar-refractivity contribution in [2.75, 3.05) is 0 Å². The summed E-state index contributed by atoms with van der Waals surface area (Å²) in [6, 6.07) is 0. The molecule has 0 saturated heterocycles. The van der Waals surface area contributed by atoms with Gasteiger partial charge in [-0.15, -0.1) is 0 Å². The van der Waals surface area contributed by atoms with Gasteiger partial charge in [-0.2, -0.15) is 0 Å². The lowest BCUT2D eigenvalue weighted by molar-refractivity contribution is 0.282. The Morgan fingerprint density at radius 3 is 2.22 bits per heavy atom. The van der Waals surface area contributed by atoms with Crippen LogP contribution in [0.2, 0.25) is 0 Å². The van der Waals surface area contributed by atoms with Crippen LogP contribution in [0.5, 0.6) is 11.5 Å². The molecule has 0 saturated carbocycles. The van der Waals surface area contributed by atoms with Gasteiger partial charge in [-0.25, -0.2) is 0 Å². The Morgan fingerprint density at radius 2 is 1.61 bits per heavy atom. The fourth-order valence-corrected chi connectivity index (χ4v) is 2.18. The van der Waals surface area contributed by atoms with Gasteiger partial charge in [0.25, 0.3) is 5.95 Å². The Kier molecular flexibility index (Phi) is 4.73. The fraction of sp³-hybridized carbons (Fsp3) is 0.600. The summed E-state index contributed by atoms with van der Waals surface area (Å²) in [5, 5.41) is 0. The second-order valence-electron chi connectivity index (χ2n) is 4.80. The second-order valence-corrected chi connectivity index (χ2v) is 4.80. The van der Waals surface area contributed by atoms with Crippen molar-refractivity contribution in [3.05, 3.63) is 24.4 Å². The summed E-state index contributed by atoms with van der Waals surface area (Å²) >= 11 is 0. The van der Waals surface area contributed by atoms with Crippen molar-refractivity contribution in [2.24, 2.45) is 0 Å². The zero-order chi connectivity index (χ0) is 12.8. The molecular weight excluding hydrogens is 226 g/mol. The molecule has 2 rings (SSSR count). The highest BCUT2D eigenvalue weighted by Gasteiger charge is 2.20. The number of hydrogen-bond acceptors (Lipinski definition) is 2. The van der Waals surface area contributed by atoms with Crippen molar-refractivity contribution in [1.82, 2.24) is 4.57 Å². The van der Waals surface area contributed by atoms with Crippen LogP contribution in [-0.2, 0) is 6.54 Å². The van der Waals surface area contributed by atoms with E-state index in [0.29, 0.717) is 5.95 Å². The molecule has 2 heterocycles. The summed E-state index contributed by atoms with van der Waals surface area (Å²) in [6.45, 7) is 5.21. The van der Waals surface area contributed by atoms with Crippen LogP contribution in [0.4, 0.5) is 0 Å². The minimum Gasteiger partial charge on any atom is -0.421 e. The lowest BCUT2D eigenvalue weighted by atomic mass is 10.1. The predicted molar refractivity (Wildman–Crippen MR) is 72.8 cm³/mol. The first-order valence-corrected chi connectivity index (χ1v) is 7.05. The summed E-state index contributed by atoms with van der Waals surface area (Å²) in [6.07, 6.45) is 13.8. The molecule has 1 aliphatic rings. The summed E-state index contributed by atoms with van der Waals surface area (Å²) in [7, 11) is 0. The fourth-order valence-electron chi connectivity index (χ4n) is 2.18. The number of fused-ring (bicyclic) bond motifs is 1. The highest BCUT2D eigenvalue weighted by molar-refractivity contribution is 5.43. The van der Waals surface area contributed by atoms with E-state index in [4.69, 9.17) is 9.47 Å². The van der Waals surface area contributed by atoms with Gasteiger partial charge in [-0.05, 0) is 19.4 Å². The molecule has 0 atom stereocenters. The smallest absolute Gasteiger partial charge is 0.286 e. The molecule has 1 aromatic rings. The lowest BCUT2D eigenvalue weighted by Gasteiger charge is -2.04. The van der Waals surface area contributed by atoms with Crippen LogP contribution in [0.25, 0.3) is 0 Å². The van der Waals surface area contributed by atoms with Gasteiger partial charge in [0.2, 0.25) is 0 Å². The zero-order valence-electron chi connectivity index (χ0n) is 11.4. The van der Waals surface area contributed by atoms with Crippen molar-refractivity contribution < 1.29 is 9.47 Å². The van der Waals surface area contributed by atoms with Gasteiger partial charge in [0, 0.05) is 6.54 Å². The molecule has 0 radical (unpaired) electrons. The second kappa shape index (κ2) is 6.53. The van der Waals surface area contributed by atoms with Gasteiger partial charge in [0.05, 0.1) is 12.4 Å². The zero-order valence-corrected chi connectivity index (χ0v) is 11.4. The Hall–Kier alpha value is -1.38. The highest BCUT2D eigenvalue weighted by atomic mass is 16.7. The van der Waals surface area contributed by atoms with E-state index in [1.54, 1.807) is 0 Å². The van der Waals surface area contributed by atoms with Gasteiger partial charge in [0.1, 0.15) is 0 Å². The summed E-state index contributed by atoms with van der Waals surface area (Å²) < 4.78 is 13.2. The summed E-state index contributed by atoms with van der Waals surface area (Å²) in [4.78, 5) is 0. The maximum absolute atomic E-state index is 5.51. The molecular formula is C15H23NO2. The average molecular weight is 249 g/mol. The molecule has 1 aromatic heterocycles. The average Bonchev–Trinajstić information content (AvgIpc) is 2.91. The SMILES string of the molecule is CC=C1Oc2cn(CCCCCCCC)cc2O1. The minimum atomic E-state index is 0.590. The third-order valence-corrected chi connectivity index (χ3v) is 3.24. The van der Waals surface area contributed by atoms with Crippen LogP contribution >= 0.6 is 0 Å². The molecule has 0 unspecified atom stereocenters. The maximum atomic E-state index is 5.51. The van der Waals surface area contributed by atoms with Crippen molar-refractivity contribution in [3.8, 4) is 11.5 Å². The van der Waals surface area contributed by atoms with Gasteiger partial charge in [0.15, 0.2) is 11.5 Å². The third kappa shape index (κ3) is 3.31. The molecule has 18 heavy (non-hydrogen) atoms. The van der Waals surface area contributed by atoms with Crippen LogP contribution in [0.1, 0.15) is 52.4 Å². The van der Waals surface area contributed by atoms with Crippen molar-refractivity contribution >= 4 is 0 Å². The van der Waals surface area contributed by atoms with Crippen molar-refractivity contribution in [1.29, 1.82) is 0 Å². The molecule has 0 aliphatic carbocycles. The molecule has 0 N–H and O–H groups in total. The number of aryl methyl sites for hydroxylation is 1. The van der Waals surface area contributed by atoms with E-state index in [1.807, 2.05) is 25.4 Å². The van der Waals surface area contributed by atoms with Crippen LogP contribution in [0, 0.1) is 0 Å². The van der Waals surface area contributed by atoms with Gasteiger partial charge in [-0.3, -0.25) is 0 Å². The maximum Gasteiger partial charge on any atom is 0.286 e. The van der Waals surface area contributed by atoms with E-state index in [1.165, 1.54) is 38.5 Å². The molecule has 0 aromatic carbocycles. The van der Waals surface area contributed by atoms with Gasteiger partial charge in [-0.1, -0.05) is 39.0 Å². The van der Waals surface area contributed by atoms with E-state index in [9.17, 15) is 0 Å². The van der Waals surface area contributed by atoms with Crippen molar-refractivity contribution in [3.63, 3.8) is 0 Å². The third-order valence-electron chi connectivity index (χ3n) is 3.24. The molecule has 0 bridgehead atoms. The number of allylic oxidation sites excluding steroid dienone is 1. The first-order chi connectivity index (χ1) is 8.83. The molecule has 0 spiro atoms. The Bertz CT molecular complexity index is 381. The Balaban J connectivity index is 1.69. The standard InChI is InChI=1S/C15H23NO2/c1-3-5-6-7-8-9-10-16-11-13-14(12-16)18-15(4-2)17-13/h4,11-12H,3,5-10H2,1-2H3. The number of rotatable bonds is 7. The predicted octanol–water partition coefficient (Wildman–Crippen LogP) is 4.48. The van der Waals surface area contributed by atoms with E-state index in [-0.39, 0.29) is 0 Å². The monoisotopic (exact) mass is 249 g/mol. The topological polar surface area (TPSA) is 23.4 Å². The van der Waals surface area contributed by atoms with E-state index < -0.39 is 0 Å². The highest BCUT2D eigenvalue weighted by Crippen LogP contribution is 2.37. The molecule has 1 aliphatic heterocycles. The van der Waals surface area contributed by atoms with Crippen molar-refractivity contribution in [2.45, 2.75) is 58.9 Å². The van der Waals surface area contributed by atoms with Crippen LogP contribution in [-0.4, -0.2) is 4.57 Å². The number of aromatic nitrogens is 1. The quantitative estimate of drug-likeness (QED) is 0.665. The number of ether oxygens (including phenoxy) is 2. The van der Waals surface area contributed by atoms with Gasteiger partial charge >= 0.3 is 0 Å². The minimum absolute atomic E-state index is 0.590. The molecule has 0 amide bonds. The lowest BCUT2D eigenvalue weighted by Crippen LogP contribution is -1.98. The van der Waals surface area contributed by atoms with E-state index in [2.05, 4.69) is 11.5 Å². The normalized spacial score (nSPS) is 13.1. The van der Waals surface area contributed by atoms with Crippen LogP contribution in [0.15, 0.2) is 24.4 Å².